The van der Waals surface area contributed by atoms with Crippen LogP contribution in [0.1, 0.15) is 37.9 Å². The van der Waals surface area contributed by atoms with Gasteiger partial charge in [0.1, 0.15) is 24.5 Å². The van der Waals surface area contributed by atoms with Crippen LogP contribution in [0.25, 0.3) is 22.5 Å². The van der Waals surface area contributed by atoms with Gasteiger partial charge in [-0.15, -0.1) is 0 Å². The molecule has 186 valence electrons. The highest BCUT2D eigenvalue weighted by molar-refractivity contribution is 6.40. The van der Waals surface area contributed by atoms with Crippen LogP contribution in [-0.2, 0) is 14.3 Å². The van der Waals surface area contributed by atoms with Crippen molar-refractivity contribution in [2.45, 2.75) is 39.7 Å². The first-order valence-electron chi connectivity index (χ1n) is 11.9. The molecule has 1 fully saturated rings. The third kappa shape index (κ3) is 5.70. The maximum Gasteiger partial charge on any atom is 0.455 e. The summed E-state index contributed by atoms with van der Waals surface area (Å²) in [5.74, 6) is 0.396. The second kappa shape index (κ2) is 11.0. The molecule has 1 unspecified atom stereocenters. The minimum atomic E-state index is -0.516. The number of nitrogens with one attached hydrogen (secondary N) is 1. The lowest BCUT2D eigenvalue weighted by atomic mass is 10.00. The molecule has 1 aromatic heterocycles. The SMILES string of the molecule is CCOC(=O)C(=[N+]=NC)c1ccc(-c2ccc(-c3onc(C)c3NC(=O)OC(C)C3CC3)cc2)cc1. The number of ether oxygens (including phenoxy) is 2. The van der Waals surface area contributed by atoms with Gasteiger partial charge >= 0.3 is 17.8 Å². The fourth-order valence-electron chi connectivity index (χ4n) is 3.83. The molecule has 1 aliphatic carbocycles. The van der Waals surface area contributed by atoms with Crippen LogP contribution in [0.3, 0.4) is 0 Å². The van der Waals surface area contributed by atoms with Crippen LogP contribution in [0.15, 0.2) is 58.2 Å². The molecule has 1 N–H and O–H groups in total. The van der Waals surface area contributed by atoms with E-state index < -0.39 is 12.1 Å². The number of rotatable bonds is 8. The zero-order valence-corrected chi connectivity index (χ0v) is 20.8. The Hall–Kier alpha value is -4.23. The fraction of sp³-hybridized carbons (Fsp3) is 0.333. The largest absolute Gasteiger partial charge is 0.457 e. The molecule has 9 nitrogen and oxygen atoms in total. The molecular weight excluding hydrogens is 460 g/mol. The molecule has 0 bridgehead atoms. The Balaban J connectivity index is 1.50. The highest BCUT2D eigenvalue weighted by atomic mass is 16.6. The Kier molecular flexibility index (Phi) is 7.61. The number of aromatic nitrogens is 1. The third-order valence-corrected chi connectivity index (χ3v) is 5.98. The molecule has 4 rings (SSSR count). The van der Waals surface area contributed by atoms with Crippen LogP contribution in [0, 0.1) is 12.8 Å². The molecule has 1 saturated carbocycles. The Labute approximate surface area is 209 Å². The lowest BCUT2D eigenvalue weighted by molar-refractivity contribution is -0.144. The number of hydrogen-bond donors (Lipinski definition) is 1. The van der Waals surface area contributed by atoms with Crippen LogP contribution in [0.4, 0.5) is 10.5 Å². The average molecular weight is 490 g/mol. The van der Waals surface area contributed by atoms with E-state index in [0.29, 0.717) is 28.6 Å². The van der Waals surface area contributed by atoms with Gasteiger partial charge in [-0.2, -0.15) is 0 Å². The molecule has 9 heteroatoms. The first-order valence-corrected chi connectivity index (χ1v) is 11.9. The molecule has 36 heavy (non-hydrogen) atoms. The Bertz CT molecular complexity index is 1300. The quantitative estimate of drug-likeness (QED) is 0.198. The van der Waals surface area contributed by atoms with E-state index >= 15 is 0 Å². The highest BCUT2D eigenvalue weighted by Gasteiger charge is 2.31. The van der Waals surface area contributed by atoms with Crippen molar-refractivity contribution in [3.05, 3.63) is 59.8 Å². The molecular formula is C27H29N4O5+. The maximum absolute atomic E-state index is 12.4. The predicted molar refractivity (Wildman–Crippen MR) is 134 cm³/mol. The minimum Gasteiger partial charge on any atom is -0.457 e. The Morgan fingerprint density at radius 3 is 2.31 bits per heavy atom. The van der Waals surface area contributed by atoms with Crippen molar-refractivity contribution in [3.63, 3.8) is 0 Å². The maximum atomic E-state index is 12.4. The van der Waals surface area contributed by atoms with Crippen LogP contribution in [-0.4, -0.2) is 47.5 Å². The Morgan fingerprint density at radius 2 is 1.72 bits per heavy atom. The van der Waals surface area contributed by atoms with Gasteiger partial charge in [0.05, 0.1) is 22.1 Å². The zero-order chi connectivity index (χ0) is 25.7. The van der Waals surface area contributed by atoms with Crippen molar-refractivity contribution in [2.24, 2.45) is 11.0 Å². The van der Waals surface area contributed by atoms with Crippen LogP contribution in [0.2, 0.25) is 0 Å². The van der Waals surface area contributed by atoms with Gasteiger partial charge in [0, 0.05) is 5.56 Å². The third-order valence-electron chi connectivity index (χ3n) is 5.98. The number of aryl methyl sites for hydroxylation is 1. The number of benzene rings is 2. The number of carbonyl (C=O) groups excluding carboxylic acids is 2. The van der Waals surface area contributed by atoms with Crippen molar-refractivity contribution < 1.29 is 28.4 Å². The van der Waals surface area contributed by atoms with Gasteiger partial charge in [-0.05, 0) is 62.8 Å². The number of hydrogen-bond acceptors (Lipinski definition) is 7. The summed E-state index contributed by atoms with van der Waals surface area (Å²) in [5.41, 5.74) is 4.52. The van der Waals surface area contributed by atoms with Gasteiger partial charge in [0.25, 0.3) is 0 Å². The smallest absolute Gasteiger partial charge is 0.455 e. The van der Waals surface area contributed by atoms with E-state index in [0.717, 1.165) is 29.5 Å². The summed E-state index contributed by atoms with van der Waals surface area (Å²) in [6.45, 7) is 5.68. The molecule has 3 aromatic rings. The highest BCUT2D eigenvalue weighted by Crippen LogP contribution is 2.35. The lowest BCUT2D eigenvalue weighted by Gasteiger charge is -2.13. The summed E-state index contributed by atoms with van der Waals surface area (Å²) in [6, 6.07) is 15.1. The van der Waals surface area contributed by atoms with Gasteiger partial charge in [-0.3, -0.25) is 5.32 Å². The molecule has 1 atom stereocenters. The summed E-state index contributed by atoms with van der Waals surface area (Å²) < 4.78 is 16.1. The van der Waals surface area contributed by atoms with Crippen molar-refractivity contribution in [2.75, 3.05) is 19.0 Å². The van der Waals surface area contributed by atoms with Crippen LogP contribution >= 0.6 is 0 Å². The Morgan fingerprint density at radius 1 is 1.11 bits per heavy atom. The van der Waals surface area contributed by atoms with E-state index in [1.54, 1.807) is 26.0 Å². The molecule has 0 radical (unpaired) electrons. The number of anilines is 1. The van der Waals surface area contributed by atoms with Crippen molar-refractivity contribution >= 4 is 23.5 Å². The average Bonchev–Trinajstić information content (AvgIpc) is 3.67. The molecule has 1 aliphatic rings. The molecule has 0 spiro atoms. The monoisotopic (exact) mass is 489 g/mol. The van der Waals surface area contributed by atoms with Gasteiger partial charge in [0.2, 0.25) is 0 Å². The lowest BCUT2D eigenvalue weighted by Crippen LogP contribution is -2.21. The topological polar surface area (TPSA) is 117 Å². The van der Waals surface area contributed by atoms with Crippen molar-refractivity contribution in [1.82, 2.24) is 5.16 Å². The van der Waals surface area contributed by atoms with Crippen LogP contribution < -0.4 is 5.32 Å². The summed E-state index contributed by atoms with van der Waals surface area (Å²) in [4.78, 5) is 28.5. The zero-order valence-electron chi connectivity index (χ0n) is 20.8. The van der Waals surface area contributed by atoms with Gasteiger partial charge < -0.3 is 14.0 Å². The number of carbonyl (C=O) groups is 2. The normalized spacial score (nSPS) is 13.3. The fourth-order valence-corrected chi connectivity index (χ4v) is 3.83. The van der Waals surface area contributed by atoms with E-state index in [-0.39, 0.29) is 18.4 Å². The predicted octanol–water partition coefficient (Wildman–Crippen LogP) is 5.31. The molecule has 0 saturated heterocycles. The first-order chi connectivity index (χ1) is 17.4. The number of amides is 1. The molecule has 0 aliphatic heterocycles. The molecule has 1 amide bonds. The first kappa shape index (κ1) is 24.9. The van der Waals surface area contributed by atoms with Gasteiger partial charge in [-0.1, -0.05) is 41.6 Å². The van der Waals surface area contributed by atoms with E-state index in [1.165, 1.54) is 7.05 Å². The number of esters is 1. The molecule has 2 aromatic carbocycles. The summed E-state index contributed by atoms with van der Waals surface area (Å²) >= 11 is 0. The van der Waals surface area contributed by atoms with Crippen molar-refractivity contribution in [3.8, 4) is 22.5 Å². The second-order valence-corrected chi connectivity index (χ2v) is 8.57. The van der Waals surface area contributed by atoms with Gasteiger partial charge in [0.15, 0.2) is 5.76 Å². The summed E-state index contributed by atoms with van der Waals surface area (Å²) in [7, 11) is 1.50. The number of nitrogens with zero attached hydrogens (tertiary/aromatic N) is 3. The summed E-state index contributed by atoms with van der Waals surface area (Å²) in [6.07, 6.45) is 1.56. The van der Waals surface area contributed by atoms with E-state index in [2.05, 4.69) is 20.4 Å². The van der Waals surface area contributed by atoms with E-state index in [1.807, 2.05) is 43.3 Å². The van der Waals surface area contributed by atoms with Crippen molar-refractivity contribution in [1.29, 1.82) is 0 Å². The van der Waals surface area contributed by atoms with Crippen LogP contribution in [0.5, 0.6) is 0 Å². The minimum absolute atomic E-state index is 0.115. The summed E-state index contributed by atoms with van der Waals surface area (Å²) in [5, 5.41) is 10.5. The standard InChI is InChI=1S/C27H28N4O5/c1-5-34-26(32)24(30-28-4)21-12-8-19(9-13-21)20-10-14-22(15-11-20)25-23(16(2)31-36-25)29-27(33)35-17(3)18-6-7-18/h8-15,17-18H,5-7H2,1-4H3/p+1. The van der Waals surface area contributed by atoms with E-state index in [9.17, 15) is 9.59 Å². The molecule has 1 heterocycles. The second-order valence-electron chi connectivity index (χ2n) is 8.57. The van der Waals surface area contributed by atoms with Gasteiger partial charge in [-0.25, -0.2) is 9.59 Å². The van der Waals surface area contributed by atoms with E-state index in [4.69, 9.17) is 14.0 Å².